The number of rotatable bonds is 23. The van der Waals surface area contributed by atoms with E-state index in [1.807, 2.05) is 72.0 Å². The van der Waals surface area contributed by atoms with Crippen LogP contribution in [0.2, 0.25) is 0 Å². The van der Waals surface area contributed by atoms with Crippen LogP contribution in [0.15, 0.2) is 85.8 Å². The van der Waals surface area contributed by atoms with Crippen molar-refractivity contribution >= 4 is 40.3 Å². The Hall–Kier alpha value is -7.69. The molecule has 2 amide bonds. The zero-order chi connectivity index (χ0) is 52.2. The standard InChI is InChI=1S/C54H65N17O5/c1-7-45(75-29-34-14-17-68(34)8-2)52(41-11-12-49-59-48(28-71(49)63-41)61-54(73)39-23-37(39)42-26-50(74-6)56-31-55-42)67(5)57-16-20-69-18-15-35(69)30-76-46-27-58-66(4)51(46)33-13-19-70-36(21-33)22-47(64-70)60-53(72)40-24-38(40)43-25-44(32-9-10-32)65(3)62-43/h7,11-13,19,21-22,25-28,31-32,34-35,37-40,57H,1,8-10,14-18,20,23-24,29-30H2,2-6H3,(H,61,73)(H,60,64,72)/b52-45+/t34-,35-,37-,38-,39+,40+/m1/s1. The average Bonchev–Trinajstić information content (AvgIpc) is 4.38. The number of aryl methyl sites for hydroxylation is 2. The Morgan fingerprint density at radius 3 is 2.37 bits per heavy atom. The van der Waals surface area contributed by atoms with Crippen molar-refractivity contribution in [2.24, 2.45) is 25.9 Å². The number of amides is 2. The van der Waals surface area contributed by atoms with Crippen molar-refractivity contribution in [2.45, 2.75) is 75.3 Å². The van der Waals surface area contributed by atoms with E-state index in [1.165, 1.54) is 24.9 Å². The third kappa shape index (κ3) is 9.98. The highest BCUT2D eigenvalue weighted by Crippen LogP contribution is 2.50. The molecule has 7 aromatic rings. The number of hydrogen-bond acceptors (Lipinski definition) is 16. The summed E-state index contributed by atoms with van der Waals surface area (Å²) < 4.78 is 25.6. The first-order chi connectivity index (χ1) is 37.0. The lowest BCUT2D eigenvalue weighted by Crippen LogP contribution is -2.53. The second-order valence-corrected chi connectivity index (χ2v) is 20.8. The van der Waals surface area contributed by atoms with Gasteiger partial charge in [0.2, 0.25) is 17.7 Å². The maximum atomic E-state index is 13.3. The molecule has 22 nitrogen and oxygen atoms in total. The molecule has 0 bridgehead atoms. The molecule has 0 spiro atoms. The van der Waals surface area contributed by atoms with Crippen LogP contribution in [0.25, 0.3) is 28.1 Å². The van der Waals surface area contributed by atoms with Gasteiger partial charge in [-0.2, -0.15) is 20.4 Å². The van der Waals surface area contributed by atoms with Crippen molar-refractivity contribution in [1.29, 1.82) is 0 Å². The van der Waals surface area contributed by atoms with Crippen LogP contribution >= 0.6 is 0 Å². The minimum absolute atomic E-state index is 0.00751. The molecule has 0 radical (unpaired) electrons. The SMILES string of the molecule is C=C/C(OC[C@H]1CCN1CC)=C(/c1ccc2nc(NC(=O)[C@H]3C[C@H]3c3cc(OC)ncn3)cn2n1)N(C)NCCN1CC[C@@H]1COc1cnn(C)c1-c1ccn2nc(NC(=O)[C@H]3C[C@H]3c3cc(C4CC4)n(C)n3)cc2c1. The summed E-state index contributed by atoms with van der Waals surface area (Å²) in [5, 5.41) is 27.0. The third-order valence-corrected chi connectivity index (χ3v) is 15.8. The minimum atomic E-state index is -0.226. The van der Waals surface area contributed by atoms with Crippen LogP contribution in [0.1, 0.15) is 86.0 Å². The largest absolute Gasteiger partial charge is 0.490 e. The van der Waals surface area contributed by atoms with Crippen LogP contribution in [0.5, 0.6) is 11.6 Å². The van der Waals surface area contributed by atoms with Gasteiger partial charge in [-0.1, -0.05) is 13.5 Å². The summed E-state index contributed by atoms with van der Waals surface area (Å²) in [6.45, 7) is 11.8. The van der Waals surface area contributed by atoms with E-state index in [2.05, 4.69) is 70.6 Å². The second-order valence-electron chi connectivity index (χ2n) is 20.8. The molecule has 76 heavy (non-hydrogen) atoms. The Morgan fingerprint density at radius 1 is 0.855 bits per heavy atom. The minimum Gasteiger partial charge on any atom is -0.490 e. The van der Waals surface area contributed by atoms with Crippen molar-refractivity contribution in [3.63, 3.8) is 0 Å². The predicted octanol–water partition coefficient (Wildman–Crippen LogP) is 5.23. The van der Waals surface area contributed by atoms with Crippen molar-refractivity contribution in [3.05, 3.63) is 109 Å². The van der Waals surface area contributed by atoms with Gasteiger partial charge in [-0.25, -0.2) is 29.4 Å². The summed E-state index contributed by atoms with van der Waals surface area (Å²) in [7, 11) is 7.44. The van der Waals surface area contributed by atoms with Crippen molar-refractivity contribution in [2.75, 3.05) is 70.7 Å². The number of fused-ring (bicyclic) bond motifs is 2. The van der Waals surface area contributed by atoms with E-state index >= 15 is 0 Å². The van der Waals surface area contributed by atoms with E-state index in [-0.39, 0.29) is 41.5 Å². The number of pyridine rings is 1. The second kappa shape index (κ2) is 20.4. The van der Waals surface area contributed by atoms with Crippen LogP contribution in [-0.2, 0) is 28.4 Å². The Labute approximate surface area is 440 Å². The fraction of sp³-hybridized carbons (Fsp3) is 0.463. The highest BCUT2D eigenvalue weighted by molar-refractivity contribution is 5.95. The monoisotopic (exact) mass is 1030 g/mol. The van der Waals surface area contributed by atoms with Gasteiger partial charge in [0.15, 0.2) is 23.0 Å². The summed E-state index contributed by atoms with van der Waals surface area (Å²) >= 11 is 0. The molecular weight excluding hydrogens is 967 g/mol. The number of nitrogens with zero attached hydrogens (tertiary/aromatic N) is 14. The van der Waals surface area contributed by atoms with E-state index in [4.69, 9.17) is 24.4 Å². The normalized spacial score (nSPS) is 22.4. The molecule has 5 fully saturated rings. The molecular formula is C54H65N17O5. The zero-order valence-corrected chi connectivity index (χ0v) is 43.7. The molecule has 3 N–H and O–H groups in total. The fourth-order valence-corrected chi connectivity index (χ4v) is 10.9. The van der Waals surface area contributed by atoms with Crippen LogP contribution in [0.3, 0.4) is 0 Å². The molecule has 6 atom stereocenters. The Balaban J connectivity index is 0.668. The van der Waals surface area contributed by atoms with Gasteiger partial charge in [0.1, 0.15) is 42.4 Å². The lowest BCUT2D eigenvalue weighted by molar-refractivity contribution is -0.118. The first-order valence-electron chi connectivity index (χ1n) is 26.5. The van der Waals surface area contributed by atoms with Crippen LogP contribution in [0.4, 0.5) is 11.6 Å². The number of carbonyl (C=O) groups excluding carboxylic acids is 2. The van der Waals surface area contributed by atoms with Crippen LogP contribution < -0.4 is 25.5 Å². The number of carbonyl (C=O) groups is 2. The summed E-state index contributed by atoms with van der Waals surface area (Å²) in [6.07, 6.45) is 14.6. The topological polar surface area (TPSA) is 217 Å². The first kappa shape index (κ1) is 49.2. The van der Waals surface area contributed by atoms with Crippen LogP contribution in [-0.4, -0.2) is 153 Å². The first-order valence-corrected chi connectivity index (χ1v) is 26.5. The predicted molar refractivity (Wildman–Crippen MR) is 283 cm³/mol. The molecule has 0 aromatic carbocycles. The van der Waals surface area contributed by atoms with Gasteiger partial charge in [0.25, 0.3) is 0 Å². The van der Waals surface area contributed by atoms with Crippen molar-refractivity contribution < 1.29 is 23.8 Å². The molecule has 2 aliphatic heterocycles. The number of allylic oxidation sites excluding steroid dienone is 1. The number of methoxy groups -OCH3 is 1. The number of ether oxygens (including phenoxy) is 3. The Kier molecular flexibility index (Phi) is 13.2. The number of likely N-dealkylation sites (N-methyl/N-ethyl adjacent to an activating group) is 1. The lowest BCUT2D eigenvalue weighted by atomic mass is 10.0. The fourth-order valence-electron chi connectivity index (χ4n) is 10.9. The summed E-state index contributed by atoms with van der Waals surface area (Å²) in [5.41, 5.74) is 11.3. The maximum absolute atomic E-state index is 13.3. The molecule has 2 saturated heterocycles. The molecule has 9 heterocycles. The average molecular weight is 1030 g/mol. The number of nitrogens with one attached hydrogen (secondary N) is 3. The Morgan fingerprint density at radius 2 is 1.63 bits per heavy atom. The van der Waals surface area contributed by atoms with Gasteiger partial charge < -0.3 is 29.9 Å². The molecule has 0 unspecified atom stereocenters. The van der Waals surface area contributed by atoms with Gasteiger partial charge in [-0.05, 0) is 81.5 Å². The van der Waals surface area contributed by atoms with Gasteiger partial charge in [0, 0.05) is 119 Å². The maximum Gasteiger partial charge on any atom is 0.229 e. The van der Waals surface area contributed by atoms with E-state index in [9.17, 15) is 9.59 Å². The molecule has 3 aliphatic carbocycles. The summed E-state index contributed by atoms with van der Waals surface area (Å²) in [4.78, 5) is 44.6. The number of imidazole rings is 1. The highest BCUT2D eigenvalue weighted by atomic mass is 16.5. The van der Waals surface area contributed by atoms with E-state index in [0.29, 0.717) is 78.5 Å². The Bertz CT molecular complexity index is 3350. The van der Waals surface area contributed by atoms with E-state index < -0.39 is 0 Å². The van der Waals surface area contributed by atoms with Gasteiger partial charge in [0.05, 0.1) is 36.4 Å². The molecule has 12 rings (SSSR count). The molecule has 22 heteroatoms. The molecule has 5 aliphatic rings. The number of likely N-dealkylation sites (tertiary alicyclic amines) is 2. The smallest absolute Gasteiger partial charge is 0.229 e. The summed E-state index contributed by atoms with van der Waals surface area (Å²) in [6, 6.07) is 14.3. The molecule has 7 aromatic heterocycles. The number of aromatic nitrogens is 11. The third-order valence-electron chi connectivity index (χ3n) is 15.8. The van der Waals surface area contributed by atoms with Crippen LogP contribution in [0, 0.1) is 11.8 Å². The summed E-state index contributed by atoms with van der Waals surface area (Å²) in [5.74, 6) is 2.99. The number of hydrogen-bond donors (Lipinski definition) is 3. The van der Waals surface area contributed by atoms with E-state index in [0.717, 1.165) is 79.3 Å². The molecule has 396 valence electrons. The number of anilines is 2. The quantitative estimate of drug-likeness (QED) is 0.0425. The van der Waals surface area contributed by atoms with E-state index in [1.54, 1.807) is 40.7 Å². The van der Waals surface area contributed by atoms with Gasteiger partial charge in [-0.15, -0.1) is 0 Å². The number of hydrazine groups is 1. The van der Waals surface area contributed by atoms with Gasteiger partial charge in [-0.3, -0.25) is 28.8 Å². The van der Waals surface area contributed by atoms with Crippen molar-refractivity contribution in [3.8, 4) is 22.9 Å². The molecule has 3 saturated carbocycles. The van der Waals surface area contributed by atoms with Crippen molar-refractivity contribution in [1.82, 2.24) is 74.0 Å². The lowest BCUT2D eigenvalue weighted by Gasteiger charge is -2.41. The highest BCUT2D eigenvalue weighted by Gasteiger charge is 2.47. The zero-order valence-electron chi connectivity index (χ0n) is 43.7. The van der Waals surface area contributed by atoms with Gasteiger partial charge >= 0.3 is 0 Å².